The molecule has 18 heteroatoms. The van der Waals surface area contributed by atoms with Gasteiger partial charge in [-0.25, -0.2) is 79.6 Å². The lowest BCUT2D eigenvalue weighted by Crippen LogP contribution is -2.04. The molecule has 0 saturated heterocycles. The Morgan fingerprint density at radius 2 is 0.346 bits per heavy atom. The quantitative estimate of drug-likeness (QED) is 0.0732. The molecule has 606 valence electrons. The van der Waals surface area contributed by atoms with Crippen molar-refractivity contribution in [2.24, 2.45) is 0 Å². The van der Waals surface area contributed by atoms with E-state index in [-0.39, 0.29) is 0 Å². The maximum absolute atomic E-state index is 9.61. The standard InChI is InChI=1S/C112H68N18/c1-113-90-53-32-54-96(130-93-62-57-82(110-123-102(74-41-20-6-21-42-74)116-103(124-110)75-43-22-7-23-44-75)67-87(93)88-68-83(58-63-94(88)130)111-125-104(76-45-24-8-25-46-76)117-105(126-111)77-47-26-9-27-48-77)97(90)89-69-84(112-127-106(78-49-28-10-29-50-78)118-107(128-112)79-51-30-11-31-52-79)59-64-95(89)129-91-60-55-80(108-119-98(70-33-12-2-13-34-70)114-99(120-108)71-35-14-3-15-36-71)65-85(91)86-66-81(56-61-92(86)129)109-121-100(72-37-16-4-17-38-72)115-101(122-109)73-39-18-5-19-40-73/h2-69H. The van der Waals surface area contributed by atoms with Crippen LogP contribution in [-0.2, 0) is 0 Å². The van der Waals surface area contributed by atoms with Gasteiger partial charge in [0.2, 0.25) is 0 Å². The first-order chi connectivity index (χ1) is 64.3. The molecule has 0 atom stereocenters. The van der Waals surface area contributed by atoms with Crippen LogP contribution in [-0.4, -0.2) is 83.9 Å². The highest BCUT2D eigenvalue weighted by Gasteiger charge is 2.29. The predicted octanol–water partition coefficient (Wildman–Crippen LogP) is 26.0. The minimum atomic E-state index is 0.366. The van der Waals surface area contributed by atoms with Crippen molar-refractivity contribution >= 4 is 49.3 Å². The van der Waals surface area contributed by atoms with Gasteiger partial charge in [0.25, 0.3) is 0 Å². The molecular formula is C112H68N18. The fourth-order valence-electron chi connectivity index (χ4n) is 17.0. The van der Waals surface area contributed by atoms with Crippen molar-refractivity contribution in [3.63, 3.8) is 0 Å². The van der Waals surface area contributed by atoms with E-state index < -0.39 is 0 Å². The zero-order chi connectivity index (χ0) is 86.4. The molecule has 18 nitrogen and oxygen atoms in total. The number of fused-ring (bicyclic) bond motifs is 6. The van der Waals surface area contributed by atoms with Gasteiger partial charge in [-0.1, -0.05) is 315 Å². The van der Waals surface area contributed by atoms with E-state index in [1.165, 1.54) is 0 Å². The Hall–Kier alpha value is -18.3. The third-order valence-corrected chi connectivity index (χ3v) is 23.2. The van der Waals surface area contributed by atoms with Crippen LogP contribution in [0.15, 0.2) is 413 Å². The first-order valence-corrected chi connectivity index (χ1v) is 42.5. The lowest BCUT2D eigenvalue weighted by molar-refractivity contribution is 1.07. The highest BCUT2D eigenvalue weighted by atomic mass is 15.1. The van der Waals surface area contributed by atoms with Crippen LogP contribution in [0, 0.1) is 6.57 Å². The predicted molar refractivity (Wildman–Crippen MR) is 515 cm³/mol. The van der Waals surface area contributed by atoms with E-state index in [2.05, 4.69) is 111 Å². The maximum Gasteiger partial charge on any atom is 0.197 e. The zero-order valence-corrected chi connectivity index (χ0v) is 69.3. The molecule has 0 bridgehead atoms. The Balaban J connectivity index is 0.802. The number of rotatable bonds is 18. The molecule has 0 aliphatic heterocycles. The first-order valence-electron chi connectivity index (χ1n) is 42.5. The second-order valence-corrected chi connectivity index (χ2v) is 31.3. The highest BCUT2D eigenvalue weighted by molar-refractivity contribution is 6.15. The first kappa shape index (κ1) is 76.5. The van der Waals surface area contributed by atoms with Crippen molar-refractivity contribution in [1.29, 1.82) is 0 Å². The van der Waals surface area contributed by atoms with Crippen molar-refractivity contribution in [2.45, 2.75) is 0 Å². The van der Waals surface area contributed by atoms with Gasteiger partial charge in [0, 0.05) is 116 Å². The van der Waals surface area contributed by atoms with Crippen molar-refractivity contribution in [3.05, 3.63) is 424 Å². The molecule has 0 amide bonds. The SMILES string of the molecule is [C-]#[N+]c1cccc(-n2c3ccc(-c4nc(-c5ccccc5)nc(-c5ccccc5)n4)cc3c3cc(-c4nc(-c5ccccc5)nc(-c5ccccc5)n4)ccc32)c1-c1cc(-c2nc(-c3ccccc3)nc(-c3ccccc3)n2)ccc1-n1c2ccc(-c3nc(-c4ccccc4)nc(-c4ccccc4)n3)cc2c2cc(-c3nc(-c4ccccc4)nc(-c4ccccc4)n3)ccc21. The van der Waals surface area contributed by atoms with Gasteiger partial charge in [0.1, 0.15) is 0 Å². The molecule has 0 radical (unpaired) electrons. The average Bonchev–Trinajstić information content (AvgIpc) is 1.56. The molecule has 7 heterocycles. The van der Waals surface area contributed by atoms with Crippen molar-refractivity contribution in [3.8, 4) is 193 Å². The Kier molecular flexibility index (Phi) is 19.5. The van der Waals surface area contributed by atoms with Crippen LogP contribution in [0.25, 0.3) is 242 Å². The maximum atomic E-state index is 9.61. The number of nitrogens with zero attached hydrogens (tertiary/aromatic N) is 18. The topological polar surface area (TPSA) is 208 Å². The number of hydrogen-bond acceptors (Lipinski definition) is 15. The molecular weight excluding hydrogens is 1600 g/mol. The lowest BCUT2D eigenvalue weighted by Gasteiger charge is -2.21. The largest absolute Gasteiger partial charge is 0.310 e. The summed E-state index contributed by atoms with van der Waals surface area (Å²) in [5, 5.41) is 3.41. The van der Waals surface area contributed by atoms with Gasteiger partial charge >= 0.3 is 0 Å². The van der Waals surface area contributed by atoms with Gasteiger partial charge in [-0.3, -0.25) is 0 Å². The normalized spacial score (nSPS) is 11.4. The van der Waals surface area contributed by atoms with Crippen LogP contribution in [0.3, 0.4) is 0 Å². The average molecular weight is 1670 g/mol. The van der Waals surface area contributed by atoms with Crippen LogP contribution in [0.1, 0.15) is 0 Å². The molecule has 0 aliphatic rings. The summed E-state index contributed by atoms with van der Waals surface area (Å²) < 4.78 is 4.57. The molecule has 0 N–H and O–H groups in total. The third kappa shape index (κ3) is 14.5. The van der Waals surface area contributed by atoms with Crippen LogP contribution in [0.2, 0.25) is 0 Å². The molecule has 130 heavy (non-hydrogen) atoms. The highest BCUT2D eigenvalue weighted by Crippen LogP contribution is 2.48. The molecule has 16 aromatic carbocycles. The zero-order valence-electron chi connectivity index (χ0n) is 69.3. The van der Waals surface area contributed by atoms with Crippen LogP contribution in [0.5, 0.6) is 0 Å². The second kappa shape index (κ2) is 33.0. The van der Waals surface area contributed by atoms with E-state index in [0.29, 0.717) is 115 Å². The molecule has 0 saturated carbocycles. The van der Waals surface area contributed by atoms with E-state index in [0.717, 1.165) is 127 Å². The minimum absolute atomic E-state index is 0.366. The van der Waals surface area contributed by atoms with E-state index in [1.54, 1.807) is 0 Å². The summed E-state index contributed by atoms with van der Waals surface area (Å²) in [6.45, 7) is 9.61. The summed E-state index contributed by atoms with van der Waals surface area (Å²) in [7, 11) is 0. The van der Waals surface area contributed by atoms with E-state index in [1.807, 2.05) is 315 Å². The molecule has 0 fully saturated rings. The van der Waals surface area contributed by atoms with Gasteiger partial charge in [0.05, 0.1) is 34.3 Å². The van der Waals surface area contributed by atoms with Gasteiger partial charge < -0.3 is 9.13 Å². The minimum Gasteiger partial charge on any atom is -0.310 e. The Labute approximate surface area is 745 Å². The van der Waals surface area contributed by atoms with Crippen LogP contribution < -0.4 is 0 Å². The monoisotopic (exact) mass is 1660 g/mol. The lowest BCUT2D eigenvalue weighted by atomic mass is 9.96. The number of hydrogen-bond donors (Lipinski definition) is 0. The summed E-state index contributed by atoms with van der Waals surface area (Å²) >= 11 is 0. The molecule has 0 aliphatic carbocycles. The molecule has 23 rings (SSSR count). The van der Waals surface area contributed by atoms with Crippen molar-refractivity contribution in [2.75, 3.05) is 0 Å². The molecule has 7 aromatic heterocycles. The van der Waals surface area contributed by atoms with Gasteiger partial charge in [-0.15, -0.1) is 0 Å². The summed E-state index contributed by atoms with van der Waals surface area (Å²) in [5.41, 5.74) is 18.3. The molecule has 23 aromatic rings. The summed E-state index contributed by atoms with van der Waals surface area (Å²) in [5.74, 6) is 7.46. The van der Waals surface area contributed by atoms with E-state index >= 15 is 0 Å². The molecule has 0 unspecified atom stereocenters. The summed E-state index contributed by atoms with van der Waals surface area (Å²) in [6, 6.07) is 138. The fraction of sp³-hybridized carbons (Fsp3) is 0. The Morgan fingerprint density at radius 3 is 0.554 bits per heavy atom. The van der Waals surface area contributed by atoms with Gasteiger partial charge in [0.15, 0.2) is 93.1 Å². The Morgan fingerprint density at radius 1 is 0.162 bits per heavy atom. The second-order valence-electron chi connectivity index (χ2n) is 31.3. The molecule has 0 spiro atoms. The summed E-state index contributed by atoms with van der Waals surface area (Å²) in [4.78, 5) is 83.5. The number of aromatic nitrogens is 17. The Bertz CT molecular complexity index is 7660. The van der Waals surface area contributed by atoms with E-state index in [4.69, 9.17) is 74.8 Å². The van der Waals surface area contributed by atoms with Gasteiger partial charge in [-0.05, 0) is 103 Å². The van der Waals surface area contributed by atoms with E-state index in [9.17, 15) is 6.57 Å². The van der Waals surface area contributed by atoms with Crippen LogP contribution in [0.4, 0.5) is 5.69 Å². The smallest absolute Gasteiger partial charge is 0.197 e. The van der Waals surface area contributed by atoms with Gasteiger partial charge in [-0.2, -0.15) is 0 Å². The fourth-order valence-corrected chi connectivity index (χ4v) is 17.0. The third-order valence-electron chi connectivity index (χ3n) is 23.2. The number of benzene rings is 16. The van der Waals surface area contributed by atoms with Crippen LogP contribution >= 0.6 is 0 Å². The van der Waals surface area contributed by atoms with Crippen molar-refractivity contribution in [1.82, 2.24) is 83.9 Å². The van der Waals surface area contributed by atoms with Crippen molar-refractivity contribution < 1.29 is 0 Å². The summed E-state index contributed by atoms with van der Waals surface area (Å²) in [6.07, 6.45) is 0.